The van der Waals surface area contributed by atoms with Crippen LogP contribution in [0.25, 0.3) is 0 Å². The van der Waals surface area contributed by atoms with Crippen LogP contribution in [0.2, 0.25) is 5.02 Å². The smallest absolute Gasteiger partial charge is 0.238 e. The Bertz CT molecular complexity index is 1450. The number of hydrogen-bond donors (Lipinski definition) is 4. The second-order valence-corrected chi connectivity index (χ2v) is 11.6. The van der Waals surface area contributed by atoms with Crippen molar-refractivity contribution in [2.75, 3.05) is 42.1 Å². The van der Waals surface area contributed by atoms with E-state index in [1.807, 2.05) is 0 Å². The summed E-state index contributed by atoms with van der Waals surface area (Å²) in [6, 6.07) is 10.2. The summed E-state index contributed by atoms with van der Waals surface area (Å²) >= 11 is 6.29. The topological polar surface area (TPSA) is 158 Å². The van der Waals surface area contributed by atoms with Gasteiger partial charge in [-0.1, -0.05) is 17.7 Å². The lowest BCUT2D eigenvalue weighted by Gasteiger charge is -2.25. The van der Waals surface area contributed by atoms with Gasteiger partial charge in [0.15, 0.2) is 20.7 Å². The van der Waals surface area contributed by atoms with Crippen molar-refractivity contribution in [3.05, 3.63) is 53.8 Å². The molecular formula is C24H27ClN8O4S. The molecule has 1 saturated heterocycles. The lowest BCUT2D eigenvalue weighted by atomic mass is 10.2. The van der Waals surface area contributed by atoms with Crippen LogP contribution in [-0.4, -0.2) is 71.5 Å². The molecule has 38 heavy (non-hydrogen) atoms. The van der Waals surface area contributed by atoms with E-state index >= 15 is 0 Å². The number of hydrogen-bond acceptors (Lipinski definition) is 10. The van der Waals surface area contributed by atoms with E-state index in [2.05, 4.69) is 36.2 Å². The Morgan fingerprint density at radius 1 is 1.16 bits per heavy atom. The molecule has 2 aromatic heterocycles. The molecule has 3 aromatic rings. The zero-order valence-electron chi connectivity index (χ0n) is 20.7. The molecule has 3 heterocycles. The van der Waals surface area contributed by atoms with Crippen molar-refractivity contribution in [1.82, 2.24) is 25.2 Å². The highest BCUT2D eigenvalue weighted by molar-refractivity contribution is 7.92. The second kappa shape index (κ2) is 11.7. The van der Waals surface area contributed by atoms with Crippen molar-refractivity contribution in [3.8, 4) is 0 Å². The molecule has 0 aliphatic carbocycles. The SMILES string of the molecule is CC(C)S(=O)(=O)c1ncccc1Nc1nc(Nc2cccc(NC(=O)CN3CCNC(=O)C3)c2)ncc1Cl. The van der Waals surface area contributed by atoms with Crippen molar-refractivity contribution in [3.63, 3.8) is 0 Å². The molecule has 0 bridgehead atoms. The van der Waals surface area contributed by atoms with E-state index < -0.39 is 15.1 Å². The third kappa shape index (κ3) is 6.73. The summed E-state index contributed by atoms with van der Waals surface area (Å²) in [5.74, 6) is 0.0346. The molecule has 0 atom stereocenters. The van der Waals surface area contributed by atoms with Crippen LogP contribution in [0.15, 0.2) is 53.8 Å². The zero-order chi connectivity index (χ0) is 27.3. The highest BCUT2D eigenvalue weighted by Crippen LogP contribution is 2.29. The summed E-state index contributed by atoms with van der Waals surface area (Å²) in [5, 5.41) is 11.0. The maximum absolute atomic E-state index is 12.7. The average molecular weight is 559 g/mol. The number of carbonyl (C=O) groups is 2. The van der Waals surface area contributed by atoms with E-state index in [-0.39, 0.29) is 52.4 Å². The van der Waals surface area contributed by atoms with Gasteiger partial charge in [-0.3, -0.25) is 14.5 Å². The molecule has 1 aliphatic heterocycles. The van der Waals surface area contributed by atoms with E-state index in [0.29, 0.717) is 24.5 Å². The van der Waals surface area contributed by atoms with Crippen molar-refractivity contribution >= 4 is 62.1 Å². The first-order chi connectivity index (χ1) is 18.1. The number of anilines is 5. The molecule has 12 nitrogen and oxygen atoms in total. The number of pyridine rings is 1. The normalized spacial score (nSPS) is 14.2. The van der Waals surface area contributed by atoms with Crippen LogP contribution >= 0.6 is 11.6 Å². The molecular weight excluding hydrogens is 532 g/mol. The molecule has 0 radical (unpaired) electrons. The van der Waals surface area contributed by atoms with Crippen LogP contribution in [0.3, 0.4) is 0 Å². The van der Waals surface area contributed by atoms with E-state index in [1.54, 1.807) is 55.1 Å². The second-order valence-electron chi connectivity index (χ2n) is 8.78. The maximum Gasteiger partial charge on any atom is 0.238 e. The molecule has 2 amide bonds. The number of amides is 2. The van der Waals surface area contributed by atoms with Gasteiger partial charge in [-0.25, -0.2) is 18.4 Å². The fourth-order valence-electron chi connectivity index (χ4n) is 3.61. The largest absolute Gasteiger partial charge is 0.354 e. The van der Waals surface area contributed by atoms with Crippen molar-refractivity contribution in [2.24, 2.45) is 0 Å². The summed E-state index contributed by atoms with van der Waals surface area (Å²) in [6.45, 7) is 4.56. The number of rotatable bonds is 9. The average Bonchev–Trinajstić information content (AvgIpc) is 2.86. The minimum Gasteiger partial charge on any atom is -0.354 e. The van der Waals surface area contributed by atoms with E-state index in [4.69, 9.17) is 11.6 Å². The molecule has 4 rings (SSSR count). The number of piperazine rings is 1. The molecule has 0 spiro atoms. The molecule has 14 heteroatoms. The number of nitrogens with one attached hydrogen (secondary N) is 4. The summed E-state index contributed by atoms with van der Waals surface area (Å²) in [4.78, 5) is 38.4. The van der Waals surface area contributed by atoms with Crippen LogP contribution in [-0.2, 0) is 19.4 Å². The summed E-state index contributed by atoms with van der Waals surface area (Å²) in [6.07, 6.45) is 2.79. The Labute approximate surface area is 225 Å². The van der Waals surface area contributed by atoms with Gasteiger partial charge in [-0.05, 0) is 44.2 Å². The van der Waals surface area contributed by atoms with Gasteiger partial charge in [0.25, 0.3) is 0 Å². The van der Waals surface area contributed by atoms with Crippen molar-refractivity contribution < 1.29 is 18.0 Å². The van der Waals surface area contributed by atoms with Gasteiger partial charge < -0.3 is 21.3 Å². The zero-order valence-corrected chi connectivity index (χ0v) is 22.3. The maximum atomic E-state index is 12.7. The monoisotopic (exact) mass is 558 g/mol. The number of halogens is 1. The summed E-state index contributed by atoms with van der Waals surface area (Å²) in [7, 11) is -3.66. The van der Waals surface area contributed by atoms with Crippen LogP contribution in [0, 0.1) is 0 Å². The Kier molecular flexibility index (Phi) is 8.39. The summed E-state index contributed by atoms with van der Waals surface area (Å²) < 4.78 is 25.5. The van der Waals surface area contributed by atoms with Crippen LogP contribution in [0.5, 0.6) is 0 Å². The number of benzene rings is 1. The van der Waals surface area contributed by atoms with Crippen molar-refractivity contribution in [1.29, 1.82) is 0 Å². The van der Waals surface area contributed by atoms with Crippen LogP contribution < -0.4 is 21.3 Å². The van der Waals surface area contributed by atoms with Gasteiger partial charge in [0.1, 0.15) is 5.02 Å². The predicted octanol–water partition coefficient (Wildman–Crippen LogP) is 2.56. The van der Waals surface area contributed by atoms with Gasteiger partial charge in [0.05, 0.1) is 30.2 Å². The first-order valence-electron chi connectivity index (χ1n) is 11.8. The lowest BCUT2D eigenvalue weighted by Crippen LogP contribution is -2.49. The highest BCUT2D eigenvalue weighted by atomic mass is 35.5. The Morgan fingerprint density at radius 3 is 2.71 bits per heavy atom. The highest BCUT2D eigenvalue weighted by Gasteiger charge is 2.25. The van der Waals surface area contributed by atoms with Gasteiger partial charge >= 0.3 is 0 Å². The minimum atomic E-state index is -3.66. The van der Waals surface area contributed by atoms with E-state index in [9.17, 15) is 18.0 Å². The molecule has 4 N–H and O–H groups in total. The number of sulfone groups is 1. The van der Waals surface area contributed by atoms with E-state index in [1.165, 1.54) is 12.4 Å². The van der Waals surface area contributed by atoms with Gasteiger partial charge in [-0.2, -0.15) is 4.98 Å². The van der Waals surface area contributed by atoms with Gasteiger partial charge in [0, 0.05) is 30.7 Å². The van der Waals surface area contributed by atoms with E-state index in [0.717, 1.165) is 0 Å². The third-order valence-corrected chi connectivity index (χ3v) is 7.93. The molecule has 200 valence electrons. The Morgan fingerprint density at radius 2 is 1.95 bits per heavy atom. The molecule has 0 saturated carbocycles. The molecule has 0 unspecified atom stereocenters. The molecule has 1 aliphatic rings. The quantitative estimate of drug-likeness (QED) is 0.307. The molecule has 1 aromatic carbocycles. The minimum absolute atomic E-state index is 0.100. The first-order valence-corrected chi connectivity index (χ1v) is 13.7. The van der Waals surface area contributed by atoms with Crippen LogP contribution in [0.4, 0.5) is 28.8 Å². The third-order valence-electron chi connectivity index (χ3n) is 5.55. The lowest BCUT2D eigenvalue weighted by molar-refractivity contribution is -0.125. The molecule has 1 fully saturated rings. The number of carbonyl (C=O) groups excluding carboxylic acids is 2. The number of nitrogens with zero attached hydrogens (tertiary/aromatic N) is 4. The fraction of sp³-hybridized carbons (Fsp3) is 0.292. The van der Waals surface area contributed by atoms with Crippen LogP contribution in [0.1, 0.15) is 13.8 Å². The number of aromatic nitrogens is 3. The predicted molar refractivity (Wildman–Crippen MR) is 145 cm³/mol. The van der Waals surface area contributed by atoms with Gasteiger partial charge in [-0.15, -0.1) is 0 Å². The standard InChI is InChI=1S/C24H27ClN8O4S/c1-15(2)38(36,37)23-19(7-4-8-27-23)31-22-18(25)12-28-24(32-22)30-17-6-3-5-16(11-17)29-21(35)14-33-10-9-26-20(34)13-33/h3-8,11-12,15H,9-10,13-14H2,1-2H3,(H,26,34)(H,29,35)(H2,28,30,31,32). The summed E-state index contributed by atoms with van der Waals surface area (Å²) in [5.41, 5.74) is 1.38. The first kappa shape index (κ1) is 27.2. The van der Waals surface area contributed by atoms with Crippen molar-refractivity contribution in [2.45, 2.75) is 24.1 Å². The Balaban J connectivity index is 1.47. The fourth-order valence-corrected chi connectivity index (χ4v) is 4.83. The Hall–Kier alpha value is -3.81. The van der Waals surface area contributed by atoms with Gasteiger partial charge in [0.2, 0.25) is 17.8 Å².